The van der Waals surface area contributed by atoms with Gasteiger partial charge >= 0.3 is 5.97 Å². The van der Waals surface area contributed by atoms with E-state index in [0.29, 0.717) is 11.3 Å². The Labute approximate surface area is 157 Å². The van der Waals surface area contributed by atoms with Gasteiger partial charge in [0.1, 0.15) is 0 Å². The SMILES string of the molecule is Cc1ccc(-c2c(Br)c(C)nc(C)c2C(OC(C)(C)C)C(=O)O)cc1. The fraction of sp³-hybridized carbons (Fsp3) is 0.400. The second-order valence-electron chi connectivity index (χ2n) is 7.20. The van der Waals surface area contributed by atoms with E-state index in [1.165, 1.54) is 0 Å². The van der Waals surface area contributed by atoms with Gasteiger partial charge in [-0.3, -0.25) is 4.98 Å². The average molecular weight is 406 g/mol. The van der Waals surface area contributed by atoms with Gasteiger partial charge in [-0.1, -0.05) is 29.8 Å². The van der Waals surface area contributed by atoms with Crippen molar-refractivity contribution in [3.8, 4) is 11.1 Å². The number of aliphatic carboxylic acids is 1. The summed E-state index contributed by atoms with van der Waals surface area (Å²) in [6.45, 7) is 11.3. The van der Waals surface area contributed by atoms with Gasteiger partial charge in [0, 0.05) is 21.3 Å². The highest BCUT2D eigenvalue weighted by Crippen LogP contribution is 2.40. The Balaban J connectivity index is 2.77. The van der Waals surface area contributed by atoms with E-state index in [9.17, 15) is 9.90 Å². The maximum Gasteiger partial charge on any atom is 0.337 e. The molecule has 0 fully saturated rings. The average Bonchev–Trinajstić information content (AvgIpc) is 2.48. The molecule has 0 radical (unpaired) electrons. The van der Waals surface area contributed by atoms with Crippen molar-refractivity contribution in [2.45, 2.75) is 53.2 Å². The van der Waals surface area contributed by atoms with Gasteiger partial charge in [0.15, 0.2) is 6.10 Å². The lowest BCUT2D eigenvalue weighted by Crippen LogP contribution is -2.28. The molecule has 0 aliphatic carbocycles. The van der Waals surface area contributed by atoms with Crippen LogP contribution in [0.5, 0.6) is 0 Å². The minimum absolute atomic E-state index is 0.587. The number of nitrogens with zero attached hydrogens (tertiary/aromatic N) is 1. The van der Waals surface area contributed by atoms with Crippen molar-refractivity contribution in [1.29, 1.82) is 0 Å². The van der Waals surface area contributed by atoms with Crippen LogP contribution >= 0.6 is 15.9 Å². The zero-order chi connectivity index (χ0) is 18.9. The lowest BCUT2D eigenvalue weighted by atomic mass is 9.93. The highest BCUT2D eigenvalue weighted by atomic mass is 79.9. The largest absolute Gasteiger partial charge is 0.479 e. The number of halogens is 1. The van der Waals surface area contributed by atoms with Crippen molar-refractivity contribution < 1.29 is 14.6 Å². The molecule has 1 N–H and O–H groups in total. The summed E-state index contributed by atoms with van der Waals surface area (Å²) >= 11 is 3.61. The Bertz CT molecular complexity index is 792. The topological polar surface area (TPSA) is 59.4 Å². The molecule has 2 rings (SSSR count). The van der Waals surface area contributed by atoms with Crippen LogP contribution in [-0.4, -0.2) is 21.7 Å². The first-order valence-electron chi connectivity index (χ1n) is 8.15. The zero-order valence-electron chi connectivity index (χ0n) is 15.5. The number of ether oxygens (including phenoxy) is 1. The summed E-state index contributed by atoms with van der Waals surface area (Å²) in [6.07, 6.45) is -1.10. The Kier molecular flexibility index (Phi) is 5.69. The van der Waals surface area contributed by atoms with Crippen LogP contribution in [0.1, 0.15) is 49.4 Å². The van der Waals surface area contributed by atoms with E-state index in [4.69, 9.17) is 4.74 Å². The lowest BCUT2D eigenvalue weighted by molar-refractivity contribution is -0.160. The van der Waals surface area contributed by atoms with Crippen LogP contribution in [0.2, 0.25) is 0 Å². The van der Waals surface area contributed by atoms with Crippen LogP contribution in [0, 0.1) is 20.8 Å². The van der Waals surface area contributed by atoms with E-state index in [0.717, 1.165) is 26.9 Å². The highest BCUT2D eigenvalue weighted by molar-refractivity contribution is 9.10. The summed E-state index contributed by atoms with van der Waals surface area (Å²) in [5, 5.41) is 9.82. The number of aromatic nitrogens is 1. The minimum Gasteiger partial charge on any atom is -0.479 e. The summed E-state index contributed by atoms with van der Waals surface area (Å²) in [5.41, 5.74) is 4.36. The Morgan fingerprint density at radius 1 is 1.12 bits per heavy atom. The number of carboxylic acid groups (broad SMARTS) is 1. The normalized spacial score (nSPS) is 12.9. The molecule has 0 saturated heterocycles. The van der Waals surface area contributed by atoms with Crippen molar-refractivity contribution in [1.82, 2.24) is 4.98 Å². The fourth-order valence-electron chi connectivity index (χ4n) is 2.75. The molecule has 4 nitrogen and oxygen atoms in total. The van der Waals surface area contributed by atoms with Gasteiger partial charge in [0.25, 0.3) is 0 Å². The van der Waals surface area contributed by atoms with Gasteiger partial charge in [-0.05, 0) is 63.0 Å². The first-order chi connectivity index (χ1) is 11.5. The third kappa shape index (κ3) is 4.47. The lowest BCUT2D eigenvalue weighted by Gasteiger charge is -2.28. The number of hydrogen-bond donors (Lipinski definition) is 1. The predicted molar refractivity (Wildman–Crippen MR) is 103 cm³/mol. The summed E-state index contributed by atoms with van der Waals surface area (Å²) in [4.78, 5) is 16.5. The molecular weight excluding hydrogens is 382 g/mol. The molecule has 1 unspecified atom stereocenters. The van der Waals surface area contributed by atoms with Crippen LogP contribution in [0.25, 0.3) is 11.1 Å². The zero-order valence-corrected chi connectivity index (χ0v) is 17.1. The number of hydrogen-bond acceptors (Lipinski definition) is 3. The maximum absolute atomic E-state index is 12.0. The van der Waals surface area contributed by atoms with Crippen molar-refractivity contribution >= 4 is 21.9 Å². The molecule has 1 aromatic heterocycles. The number of carboxylic acids is 1. The molecular formula is C20H24BrNO3. The standard InChI is InChI=1S/C20H24BrNO3/c1-11-7-9-14(10-8-11)16-15(12(2)22-13(3)17(16)21)18(19(23)24)25-20(4,5)6/h7-10,18H,1-6H3,(H,23,24). The number of rotatable bonds is 4. The number of benzene rings is 1. The quantitative estimate of drug-likeness (QED) is 0.741. The maximum atomic E-state index is 12.0. The molecule has 0 spiro atoms. The predicted octanol–water partition coefficient (Wildman–Crippen LogP) is 5.38. The first kappa shape index (κ1) is 19.6. The molecule has 0 saturated carbocycles. The van der Waals surface area contributed by atoms with Gasteiger partial charge in [-0.2, -0.15) is 0 Å². The van der Waals surface area contributed by atoms with Crippen LogP contribution < -0.4 is 0 Å². The summed E-state index contributed by atoms with van der Waals surface area (Å²) in [7, 11) is 0. The number of aryl methyl sites for hydroxylation is 3. The van der Waals surface area contributed by atoms with Gasteiger partial charge < -0.3 is 9.84 Å². The highest BCUT2D eigenvalue weighted by Gasteiger charge is 2.32. The van der Waals surface area contributed by atoms with E-state index < -0.39 is 17.7 Å². The summed E-state index contributed by atoms with van der Waals surface area (Å²) < 4.78 is 6.68. The first-order valence-corrected chi connectivity index (χ1v) is 8.95. The van der Waals surface area contributed by atoms with E-state index in [2.05, 4.69) is 20.9 Å². The smallest absolute Gasteiger partial charge is 0.337 e. The molecule has 0 aliphatic heterocycles. The van der Waals surface area contributed by atoms with Crippen molar-refractivity contribution in [3.63, 3.8) is 0 Å². The summed E-state index contributed by atoms with van der Waals surface area (Å²) in [5.74, 6) is -1.02. The number of pyridine rings is 1. The molecule has 0 bridgehead atoms. The molecule has 5 heteroatoms. The summed E-state index contributed by atoms with van der Waals surface area (Å²) in [6, 6.07) is 8.01. The van der Waals surface area contributed by atoms with Crippen molar-refractivity contribution in [3.05, 3.63) is 51.3 Å². The molecule has 0 aliphatic rings. The molecule has 134 valence electrons. The number of carbonyl (C=O) groups is 1. The van der Waals surface area contributed by atoms with Gasteiger partial charge in [-0.25, -0.2) is 4.79 Å². The molecule has 1 aromatic carbocycles. The Morgan fingerprint density at radius 2 is 1.68 bits per heavy atom. The molecule has 1 heterocycles. The van der Waals surface area contributed by atoms with Crippen LogP contribution in [0.3, 0.4) is 0 Å². The third-order valence-corrected chi connectivity index (χ3v) is 4.80. The van der Waals surface area contributed by atoms with Gasteiger partial charge in [0.2, 0.25) is 0 Å². The fourth-order valence-corrected chi connectivity index (χ4v) is 3.28. The van der Waals surface area contributed by atoms with E-state index >= 15 is 0 Å². The van der Waals surface area contributed by atoms with Gasteiger partial charge in [0.05, 0.1) is 11.3 Å². The third-order valence-electron chi connectivity index (χ3n) is 3.83. The van der Waals surface area contributed by atoms with E-state index in [1.807, 2.05) is 65.8 Å². The second kappa shape index (κ2) is 7.26. The van der Waals surface area contributed by atoms with Gasteiger partial charge in [-0.15, -0.1) is 0 Å². The second-order valence-corrected chi connectivity index (χ2v) is 7.99. The minimum atomic E-state index is -1.10. The monoisotopic (exact) mass is 405 g/mol. The molecule has 0 amide bonds. The molecule has 2 aromatic rings. The van der Waals surface area contributed by atoms with Crippen molar-refractivity contribution in [2.24, 2.45) is 0 Å². The van der Waals surface area contributed by atoms with E-state index in [1.54, 1.807) is 0 Å². The molecule has 1 atom stereocenters. The Morgan fingerprint density at radius 3 is 2.16 bits per heavy atom. The van der Waals surface area contributed by atoms with Crippen LogP contribution in [0.4, 0.5) is 0 Å². The van der Waals surface area contributed by atoms with Crippen LogP contribution in [0.15, 0.2) is 28.7 Å². The van der Waals surface area contributed by atoms with Crippen molar-refractivity contribution in [2.75, 3.05) is 0 Å². The Hall–Kier alpha value is -1.72. The van der Waals surface area contributed by atoms with Crippen LogP contribution in [-0.2, 0) is 9.53 Å². The molecule has 25 heavy (non-hydrogen) atoms. The van der Waals surface area contributed by atoms with E-state index in [-0.39, 0.29) is 0 Å².